The monoisotopic (exact) mass is 1350 g/mol. The maximum Gasteiger partial charge on any atom is 0.197 e. The highest BCUT2D eigenvalue weighted by atomic mass is 16.3. The molecule has 0 heterocycles. The normalized spacial score (nSPS) is 11.5. The molecule has 494 valence electrons. The molecular formula is C99H62O6. The minimum atomic E-state index is -0.175. The summed E-state index contributed by atoms with van der Waals surface area (Å²) in [5.41, 5.74) is 14.5. The molecule has 20 aromatic rings. The van der Waals surface area contributed by atoms with Crippen molar-refractivity contribution >= 4 is 114 Å². The van der Waals surface area contributed by atoms with Crippen molar-refractivity contribution < 1.29 is 29.7 Å². The molecule has 0 aliphatic rings. The number of carbonyl (C=O) groups excluding carboxylic acids is 3. The summed E-state index contributed by atoms with van der Waals surface area (Å²) in [6.07, 6.45) is 0. The molecular weight excluding hydrogens is 1290 g/mol. The molecule has 6 nitrogen and oxygen atoms in total. The van der Waals surface area contributed by atoms with Crippen LogP contribution in [0.2, 0.25) is 0 Å². The number of carbonyl (C=O) groups is 3. The third-order valence-electron chi connectivity index (χ3n) is 20.9. The van der Waals surface area contributed by atoms with Crippen LogP contribution in [0.3, 0.4) is 0 Å². The first kappa shape index (κ1) is 63.1. The molecule has 0 saturated carbocycles. The van der Waals surface area contributed by atoms with Gasteiger partial charge >= 0.3 is 0 Å². The first-order valence-corrected chi connectivity index (χ1v) is 35.1. The first-order valence-electron chi connectivity index (χ1n) is 35.1. The number of benzene rings is 20. The number of hydrogen-bond acceptors (Lipinski definition) is 6. The van der Waals surface area contributed by atoms with Crippen LogP contribution in [0.5, 0.6) is 17.2 Å². The number of aromatic hydroxyl groups is 3. The molecule has 0 spiro atoms. The second-order valence-electron chi connectivity index (χ2n) is 26.7. The Balaban J connectivity index is 0.000000112. The minimum absolute atomic E-state index is 0.000527. The van der Waals surface area contributed by atoms with Crippen molar-refractivity contribution in [1.82, 2.24) is 0 Å². The van der Waals surface area contributed by atoms with Gasteiger partial charge in [0, 0.05) is 16.7 Å². The van der Waals surface area contributed by atoms with E-state index in [0.29, 0.717) is 33.4 Å². The standard InChI is InChI=1S/2C35H22O2.C29H18O2/c36-32-13-7-6-12-31(32)35(37)30-21-17-24-15-19-28-27(18-14-23-16-20-29(30)34(24)33(23)28)26-11-5-4-10-25(26)22-8-2-1-3-9-22;36-32-9-5-4-8-31(32)35(37)30-21-17-26-15-19-28-27(18-14-25-16-20-29(30)34(26)33(25)28)24-12-10-23(11-13-24)22-6-2-1-3-7-22;30-26-9-5-4-8-25(26)29(31)24-15-13-20-11-10-19-12-14-21(18-6-2-1-3-7-18)22-16-17-23(24)28(20)27(19)22/h2*1-21,36H;1-17,30H. The van der Waals surface area contributed by atoms with E-state index >= 15 is 0 Å². The quantitative estimate of drug-likeness (QED) is 0.0879. The second-order valence-corrected chi connectivity index (χ2v) is 26.7. The molecule has 0 atom stereocenters. The third kappa shape index (κ3) is 11.0. The van der Waals surface area contributed by atoms with Crippen LogP contribution in [0.4, 0.5) is 0 Å². The fourth-order valence-corrected chi connectivity index (χ4v) is 15.8. The molecule has 3 N–H and O–H groups in total. The van der Waals surface area contributed by atoms with Gasteiger partial charge < -0.3 is 15.3 Å². The number of hydrogen-bond donors (Lipinski definition) is 3. The summed E-state index contributed by atoms with van der Waals surface area (Å²) in [5.74, 6) is -0.514. The molecule has 0 bridgehead atoms. The minimum Gasteiger partial charge on any atom is -0.507 e. The van der Waals surface area contributed by atoms with Crippen molar-refractivity contribution in [3.63, 3.8) is 0 Å². The van der Waals surface area contributed by atoms with E-state index in [1.54, 1.807) is 72.8 Å². The van der Waals surface area contributed by atoms with Crippen molar-refractivity contribution in [3.8, 4) is 72.9 Å². The molecule has 0 aromatic heterocycles. The Hall–Kier alpha value is -14.1. The summed E-state index contributed by atoms with van der Waals surface area (Å²) in [4.78, 5) is 40.4. The SMILES string of the molecule is O=C(c1ccccc1O)c1ccc2ccc3c(-c4ccc(-c5ccccc5)cc4)ccc4ccc1c2c43.O=C(c1ccccc1O)c1ccc2ccc3c(-c4ccccc4-c4ccccc4)ccc4ccc1c2c43.O=C(c1ccccc1O)c1ccc2ccc3ccc(-c4ccccc4)c4ccc1c2c34. The van der Waals surface area contributed by atoms with Gasteiger partial charge in [0.25, 0.3) is 0 Å². The van der Waals surface area contributed by atoms with Crippen molar-refractivity contribution in [2.24, 2.45) is 0 Å². The predicted molar refractivity (Wildman–Crippen MR) is 432 cm³/mol. The predicted octanol–water partition coefficient (Wildman–Crippen LogP) is 24.9. The summed E-state index contributed by atoms with van der Waals surface area (Å²) in [7, 11) is 0. The number of phenolic OH excluding ortho intramolecular Hbond substituents is 3. The fourth-order valence-electron chi connectivity index (χ4n) is 15.8. The molecule has 0 aliphatic heterocycles. The third-order valence-corrected chi connectivity index (χ3v) is 20.9. The fraction of sp³-hybridized carbons (Fsp3) is 0. The lowest BCUT2D eigenvalue weighted by Crippen LogP contribution is -2.03. The van der Waals surface area contributed by atoms with Gasteiger partial charge in [-0.1, -0.05) is 303 Å². The first-order chi connectivity index (χ1) is 51.6. The lowest BCUT2D eigenvalue weighted by Gasteiger charge is -2.17. The van der Waals surface area contributed by atoms with Gasteiger partial charge in [-0.15, -0.1) is 0 Å². The van der Waals surface area contributed by atoms with Gasteiger partial charge in [0.2, 0.25) is 0 Å². The highest BCUT2D eigenvalue weighted by Gasteiger charge is 2.24. The van der Waals surface area contributed by atoms with Gasteiger partial charge in [0.15, 0.2) is 17.3 Å². The second kappa shape index (κ2) is 26.1. The summed E-state index contributed by atoms with van der Waals surface area (Å²) in [6, 6.07) is 119. The molecule has 105 heavy (non-hydrogen) atoms. The van der Waals surface area contributed by atoms with E-state index in [4.69, 9.17) is 0 Å². The Morgan fingerprint density at radius 3 is 0.800 bits per heavy atom. The van der Waals surface area contributed by atoms with Crippen LogP contribution in [-0.4, -0.2) is 32.7 Å². The number of ketones is 3. The molecule has 0 fully saturated rings. The van der Waals surface area contributed by atoms with Crippen LogP contribution in [0.1, 0.15) is 47.8 Å². The van der Waals surface area contributed by atoms with Crippen LogP contribution in [0.25, 0.3) is 153 Å². The van der Waals surface area contributed by atoms with Crippen molar-refractivity contribution in [3.05, 3.63) is 391 Å². The van der Waals surface area contributed by atoms with E-state index in [1.165, 1.54) is 60.8 Å². The summed E-state index contributed by atoms with van der Waals surface area (Å²) >= 11 is 0. The van der Waals surface area contributed by atoms with E-state index < -0.39 is 0 Å². The van der Waals surface area contributed by atoms with Crippen molar-refractivity contribution in [1.29, 1.82) is 0 Å². The summed E-state index contributed by atoms with van der Waals surface area (Å²) < 4.78 is 0. The van der Waals surface area contributed by atoms with E-state index in [1.807, 2.05) is 72.8 Å². The zero-order valence-corrected chi connectivity index (χ0v) is 56.6. The lowest BCUT2D eigenvalue weighted by molar-refractivity contribution is 0.102. The lowest BCUT2D eigenvalue weighted by atomic mass is 9.85. The van der Waals surface area contributed by atoms with Crippen molar-refractivity contribution in [2.45, 2.75) is 0 Å². The largest absolute Gasteiger partial charge is 0.507 e. The zero-order valence-electron chi connectivity index (χ0n) is 56.6. The zero-order chi connectivity index (χ0) is 70.8. The van der Waals surface area contributed by atoms with Gasteiger partial charge in [-0.25, -0.2) is 0 Å². The number of rotatable bonds is 11. The van der Waals surface area contributed by atoms with Gasteiger partial charge in [-0.05, 0) is 207 Å². The molecule has 0 radical (unpaired) electrons. The van der Waals surface area contributed by atoms with Gasteiger partial charge in [0.05, 0.1) is 16.7 Å². The van der Waals surface area contributed by atoms with Crippen LogP contribution >= 0.6 is 0 Å². The Kier molecular flexibility index (Phi) is 15.7. The van der Waals surface area contributed by atoms with Crippen LogP contribution < -0.4 is 0 Å². The summed E-state index contributed by atoms with van der Waals surface area (Å²) in [5, 5.41) is 50.6. The average Bonchev–Trinajstić information content (AvgIpc) is 0.738. The van der Waals surface area contributed by atoms with Gasteiger partial charge in [0.1, 0.15) is 17.2 Å². The van der Waals surface area contributed by atoms with Crippen LogP contribution in [0.15, 0.2) is 358 Å². The van der Waals surface area contributed by atoms with E-state index in [9.17, 15) is 29.7 Å². The Morgan fingerprint density at radius 2 is 0.400 bits per heavy atom. The van der Waals surface area contributed by atoms with Crippen molar-refractivity contribution in [2.75, 3.05) is 0 Å². The summed E-state index contributed by atoms with van der Waals surface area (Å²) in [6.45, 7) is 0. The molecule has 20 aromatic carbocycles. The van der Waals surface area contributed by atoms with E-state index in [2.05, 4.69) is 212 Å². The topological polar surface area (TPSA) is 112 Å². The number of para-hydroxylation sites is 3. The Morgan fingerprint density at radius 1 is 0.162 bits per heavy atom. The molecule has 6 heteroatoms. The average molecular weight is 1350 g/mol. The van der Waals surface area contributed by atoms with Crippen LogP contribution in [0, 0.1) is 0 Å². The maximum absolute atomic E-state index is 13.5. The van der Waals surface area contributed by atoms with E-state index in [0.717, 1.165) is 91.7 Å². The van der Waals surface area contributed by atoms with Gasteiger partial charge in [-0.3, -0.25) is 14.4 Å². The molecule has 0 unspecified atom stereocenters. The van der Waals surface area contributed by atoms with E-state index in [-0.39, 0.29) is 34.6 Å². The Bertz CT molecular complexity index is 6780. The molecule has 20 rings (SSSR count). The molecule has 0 amide bonds. The van der Waals surface area contributed by atoms with Gasteiger partial charge in [-0.2, -0.15) is 0 Å². The Labute approximate surface area is 604 Å². The molecule has 0 saturated heterocycles. The smallest absolute Gasteiger partial charge is 0.197 e. The number of phenols is 3. The maximum atomic E-state index is 13.5. The van der Waals surface area contributed by atoms with Crippen LogP contribution in [-0.2, 0) is 0 Å². The highest BCUT2D eigenvalue weighted by molar-refractivity contribution is 6.33. The molecule has 0 aliphatic carbocycles. The highest BCUT2D eigenvalue weighted by Crippen LogP contribution is 2.46.